The van der Waals surface area contributed by atoms with Gasteiger partial charge in [-0.15, -0.1) is 10.2 Å². The van der Waals surface area contributed by atoms with Crippen LogP contribution < -0.4 is 10.6 Å². The molecule has 0 spiro atoms. The highest BCUT2D eigenvalue weighted by atomic mass is 32.2. The van der Waals surface area contributed by atoms with E-state index in [2.05, 4.69) is 25.8 Å². The van der Waals surface area contributed by atoms with Gasteiger partial charge in [0.2, 0.25) is 5.91 Å². The minimum atomic E-state index is -0.488. The molecule has 3 rings (SSSR count). The smallest absolute Gasteiger partial charge is 0.321 e. The average Bonchev–Trinajstić information content (AvgIpc) is 3.14. The number of thioether (sulfide) groups is 1. The van der Waals surface area contributed by atoms with Gasteiger partial charge in [-0.1, -0.05) is 55.9 Å². The first-order valence-electron chi connectivity index (χ1n) is 9.61. The normalized spacial score (nSPS) is 10.8. The monoisotopic (exact) mass is 424 g/mol. The van der Waals surface area contributed by atoms with Crippen LogP contribution >= 0.6 is 11.8 Å². The summed E-state index contributed by atoms with van der Waals surface area (Å²) in [7, 11) is 0. The number of carbonyl (C=O) groups excluding carboxylic acids is 2. The Morgan fingerprint density at radius 3 is 2.50 bits per heavy atom. The van der Waals surface area contributed by atoms with Gasteiger partial charge in [0.25, 0.3) is 0 Å². The fraction of sp³-hybridized carbons (Fsp3) is 0.286. The van der Waals surface area contributed by atoms with E-state index in [1.165, 1.54) is 11.8 Å². The van der Waals surface area contributed by atoms with Gasteiger partial charge >= 0.3 is 6.03 Å². The van der Waals surface area contributed by atoms with Gasteiger partial charge in [-0.25, -0.2) is 4.79 Å². The third kappa shape index (κ3) is 6.15. The molecule has 2 N–H and O–H groups in total. The van der Waals surface area contributed by atoms with Crippen molar-refractivity contribution in [1.29, 1.82) is 0 Å². The van der Waals surface area contributed by atoms with Gasteiger partial charge in [-0.2, -0.15) is 0 Å². The molecule has 30 heavy (non-hydrogen) atoms. The highest BCUT2D eigenvalue weighted by Crippen LogP contribution is 2.24. The molecule has 0 fully saturated rings. The molecule has 0 aliphatic carbocycles. The molecular weight excluding hydrogens is 400 g/mol. The summed E-state index contributed by atoms with van der Waals surface area (Å²) in [6.07, 6.45) is 3.40. The van der Waals surface area contributed by atoms with E-state index in [4.69, 9.17) is 0 Å². The Balaban J connectivity index is 1.72. The molecule has 0 atom stereocenters. The zero-order valence-electron chi connectivity index (χ0n) is 16.9. The fourth-order valence-corrected chi connectivity index (χ4v) is 3.39. The van der Waals surface area contributed by atoms with Crippen molar-refractivity contribution >= 4 is 23.7 Å². The maximum Gasteiger partial charge on any atom is 0.321 e. The van der Waals surface area contributed by atoms with E-state index in [9.17, 15) is 9.59 Å². The van der Waals surface area contributed by atoms with E-state index in [1.54, 1.807) is 12.4 Å². The van der Waals surface area contributed by atoms with Crippen LogP contribution in [0, 0.1) is 5.92 Å². The molecule has 0 saturated heterocycles. The number of nitrogens with zero attached hydrogens (tertiary/aromatic N) is 4. The number of imide groups is 1. The molecule has 156 valence electrons. The quantitative estimate of drug-likeness (QED) is 0.539. The van der Waals surface area contributed by atoms with Gasteiger partial charge in [0, 0.05) is 24.5 Å². The molecule has 2 heterocycles. The molecule has 0 radical (unpaired) electrons. The molecule has 9 heteroatoms. The van der Waals surface area contributed by atoms with Gasteiger partial charge in [0.05, 0.1) is 12.3 Å². The lowest BCUT2D eigenvalue weighted by Crippen LogP contribution is -2.41. The summed E-state index contributed by atoms with van der Waals surface area (Å²) in [5.74, 6) is 0.668. The van der Waals surface area contributed by atoms with Crippen molar-refractivity contribution in [2.45, 2.75) is 25.5 Å². The molecule has 0 aliphatic rings. The Hall–Kier alpha value is -3.20. The Labute approximate surface area is 179 Å². The first kappa shape index (κ1) is 21.5. The number of aromatic nitrogens is 4. The first-order chi connectivity index (χ1) is 14.5. The largest absolute Gasteiger partial charge is 0.338 e. The maximum atomic E-state index is 12.2. The van der Waals surface area contributed by atoms with Crippen molar-refractivity contribution in [2.24, 2.45) is 5.92 Å². The lowest BCUT2D eigenvalue weighted by molar-refractivity contribution is -0.117. The van der Waals surface area contributed by atoms with Gasteiger partial charge in [-0.3, -0.25) is 19.7 Å². The van der Waals surface area contributed by atoms with Crippen LogP contribution in [0.3, 0.4) is 0 Å². The Kier molecular flexibility index (Phi) is 7.56. The zero-order chi connectivity index (χ0) is 21.3. The van der Waals surface area contributed by atoms with Gasteiger partial charge in [0.15, 0.2) is 11.0 Å². The second-order valence-electron chi connectivity index (χ2n) is 7.05. The van der Waals surface area contributed by atoms with Crippen LogP contribution in [-0.2, 0) is 11.3 Å². The van der Waals surface area contributed by atoms with Crippen LogP contribution in [0.1, 0.15) is 19.4 Å². The number of nitrogens with one attached hydrogen (secondary N) is 2. The van der Waals surface area contributed by atoms with Crippen molar-refractivity contribution in [3.8, 4) is 11.4 Å². The molecule has 2 aromatic heterocycles. The molecule has 0 saturated carbocycles. The Bertz CT molecular complexity index is 976. The number of benzene rings is 1. The van der Waals surface area contributed by atoms with Crippen LogP contribution in [0.15, 0.2) is 60.0 Å². The van der Waals surface area contributed by atoms with Crippen LogP contribution in [0.25, 0.3) is 11.4 Å². The number of rotatable bonds is 8. The Morgan fingerprint density at radius 1 is 1.07 bits per heavy atom. The summed E-state index contributed by atoms with van der Waals surface area (Å²) in [5.41, 5.74) is 1.98. The number of hydrogen-bond acceptors (Lipinski definition) is 6. The number of pyridine rings is 1. The predicted molar refractivity (Wildman–Crippen MR) is 116 cm³/mol. The van der Waals surface area contributed by atoms with Gasteiger partial charge in [-0.05, 0) is 23.6 Å². The highest BCUT2D eigenvalue weighted by molar-refractivity contribution is 7.99. The van der Waals surface area contributed by atoms with E-state index in [-0.39, 0.29) is 11.7 Å². The van der Waals surface area contributed by atoms with Crippen LogP contribution in [-0.4, -0.2) is 44.0 Å². The van der Waals surface area contributed by atoms with Crippen LogP contribution in [0.5, 0.6) is 0 Å². The van der Waals surface area contributed by atoms with E-state index >= 15 is 0 Å². The summed E-state index contributed by atoms with van der Waals surface area (Å²) < 4.78 is 1.96. The van der Waals surface area contributed by atoms with Gasteiger partial charge < -0.3 is 5.32 Å². The van der Waals surface area contributed by atoms with Crippen molar-refractivity contribution in [3.63, 3.8) is 0 Å². The third-order valence-electron chi connectivity index (χ3n) is 4.10. The number of hydrogen-bond donors (Lipinski definition) is 2. The molecule has 3 amide bonds. The maximum absolute atomic E-state index is 12.2. The first-order valence-corrected chi connectivity index (χ1v) is 10.6. The second kappa shape index (κ2) is 10.5. The molecule has 1 aromatic carbocycles. The van der Waals surface area contributed by atoms with Crippen molar-refractivity contribution in [2.75, 3.05) is 12.3 Å². The zero-order valence-corrected chi connectivity index (χ0v) is 17.7. The van der Waals surface area contributed by atoms with E-state index < -0.39 is 6.03 Å². The highest BCUT2D eigenvalue weighted by Gasteiger charge is 2.17. The van der Waals surface area contributed by atoms with E-state index in [0.29, 0.717) is 30.0 Å². The lowest BCUT2D eigenvalue weighted by atomic mass is 10.2. The molecule has 3 aromatic rings. The second-order valence-corrected chi connectivity index (χ2v) is 8.00. The molecule has 8 nitrogen and oxygen atoms in total. The van der Waals surface area contributed by atoms with E-state index in [1.807, 2.05) is 60.9 Å². The average molecular weight is 425 g/mol. The lowest BCUT2D eigenvalue weighted by Gasteiger charge is -2.11. The summed E-state index contributed by atoms with van der Waals surface area (Å²) >= 11 is 1.24. The topological polar surface area (TPSA) is 102 Å². The third-order valence-corrected chi connectivity index (χ3v) is 5.06. The standard InChI is InChI=1S/C21H24N6O2S/c1-15(2)12-23-20(29)24-18(28)14-30-21-26-25-19(17-8-10-22-11-9-17)27(21)13-16-6-4-3-5-7-16/h3-11,15H,12-14H2,1-2H3,(H2,23,24,28,29). The minimum absolute atomic E-state index is 0.0539. The molecule has 0 bridgehead atoms. The summed E-state index contributed by atoms with van der Waals surface area (Å²) in [6.45, 7) is 5.03. The number of amides is 3. The van der Waals surface area contributed by atoms with Crippen LogP contribution in [0.4, 0.5) is 4.79 Å². The number of urea groups is 1. The van der Waals surface area contributed by atoms with Gasteiger partial charge in [0.1, 0.15) is 0 Å². The number of carbonyl (C=O) groups is 2. The van der Waals surface area contributed by atoms with Crippen molar-refractivity contribution in [1.82, 2.24) is 30.4 Å². The van der Waals surface area contributed by atoms with Crippen molar-refractivity contribution in [3.05, 3.63) is 60.4 Å². The predicted octanol–water partition coefficient (Wildman–Crippen LogP) is 2.96. The summed E-state index contributed by atoms with van der Waals surface area (Å²) in [6, 6.07) is 13.2. The molecular formula is C21H24N6O2S. The molecule has 0 aliphatic heterocycles. The van der Waals surface area contributed by atoms with Crippen LogP contribution in [0.2, 0.25) is 0 Å². The minimum Gasteiger partial charge on any atom is -0.338 e. The Morgan fingerprint density at radius 2 is 1.80 bits per heavy atom. The molecule has 0 unspecified atom stereocenters. The van der Waals surface area contributed by atoms with E-state index in [0.717, 1.165) is 11.1 Å². The fourth-order valence-electron chi connectivity index (χ4n) is 2.65. The summed E-state index contributed by atoms with van der Waals surface area (Å²) in [5, 5.41) is 14.2. The van der Waals surface area contributed by atoms with Crippen molar-refractivity contribution < 1.29 is 9.59 Å². The summed E-state index contributed by atoms with van der Waals surface area (Å²) in [4.78, 5) is 28.0. The SMILES string of the molecule is CC(C)CNC(=O)NC(=O)CSc1nnc(-c2ccncc2)n1Cc1ccccc1.